The number of hydrogen-bond donors (Lipinski definition) is 1. The predicted molar refractivity (Wildman–Crippen MR) is 68.8 cm³/mol. The Morgan fingerprint density at radius 3 is 3.00 bits per heavy atom. The first kappa shape index (κ1) is 12.9. The lowest BCUT2D eigenvalue weighted by atomic mass is 10.2. The van der Waals surface area contributed by atoms with Crippen molar-refractivity contribution in [1.29, 1.82) is 0 Å². The Morgan fingerprint density at radius 2 is 2.30 bits per heavy atom. The van der Waals surface area contributed by atoms with E-state index in [2.05, 4.69) is 15.5 Å². The number of benzene rings is 1. The summed E-state index contributed by atoms with van der Waals surface area (Å²) >= 11 is 5.78. The van der Waals surface area contributed by atoms with E-state index in [-0.39, 0.29) is 17.9 Å². The van der Waals surface area contributed by atoms with Crippen LogP contribution in [0, 0.1) is 0 Å². The van der Waals surface area contributed by atoms with E-state index in [1.165, 1.54) is 12.1 Å². The van der Waals surface area contributed by atoms with Gasteiger partial charge in [0.1, 0.15) is 17.9 Å². The van der Waals surface area contributed by atoms with Gasteiger partial charge in [-0.15, -0.1) is 5.10 Å². The Hall–Kier alpha value is -2.15. The molecule has 1 aromatic carbocycles. The van der Waals surface area contributed by atoms with Gasteiger partial charge in [-0.2, -0.15) is 0 Å². The molecule has 0 saturated heterocycles. The second-order valence-corrected chi connectivity index (χ2v) is 4.94. The molecule has 2 aromatic rings. The van der Waals surface area contributed by atoms with Crippen LogP contribution in [0.2, 0.25) is 5.02 Å². The van der Waals surface area contributed by atoms with Crippen molar-refractivity contribution in [3.05, 3.63) is 34.6 Å². The Morgan fingerprint density at radius 1 is 1.50 bits per heavy atom. The highest BCUT2D eigenvalue weighted by Crippen LogP contribution is 2.34. The van der Waals surface area contributed by atoms with E-state index in [1.807, 2.05) is 0 Å². The van der Waals surface area contributed by atoms with Gasteiger partial charge in [0.05, 0.1) is 6.04 Å². The number of rotatable bonds is 5. The van der Waals surface area contributed by atoms with Crippen LogP contribution >= 0.6 is 11.6 Å². The lowest BCUT2D eigenvalue weighted by Crippen LogP contribution is -2.09. The molecule has 1 heterocycles. The molecule has 104 valence electrons. The van der Waals surface area contributed by atoms with E-state index in [9.17, 15) is 4.79 Å². The molecule has 0 bridgehead atoms. The zero-order valence-electron chi connectivity index (χ0n) is 10.4. The van der Waals surface area contributed by atoms with Crippen molar-refractivity contribution in [1.82, 2.24) is 20.2 Å². The minimum atomic E-state index is -1.09. The minimum absolute atomic E-state index is 0.0166. The smallest absolute Gasteiger partial charge is 0.339 e. The first-order chi connectivity index (χ1) is 9.65. The van der Waals surface area contributed by atoms with Crippen LogP contribution in [0.4, 0.5) is 0 Å². The number of aromatic nitrogens is 4. The first-order valence-corrected chi connectivity index (χ1v) is 6.45. The minimum Gasteiger partial charge on any atom is -0.485 e. The molecule has 3 rings (SSSR count). The molecule has 0 spiro atoms. The van der Waals surface area contributed by atoms with Gasteiger partial charge >= 0.3 is 5.97 Å². The standard InChI is InChI=1S/C12H11ClN4O3/c13-7-1-4-10(9(5-7)12(18)19)20-6-11-14-15-16-17(11)8-2-3-8/h1,4-5,8H,2-3,6H2,(H,18,19). The summed E-state index contributed by atoms with van der Waals surface area (Å²) in [4.78, 5) is 11.1. The number of carboxylic acid groups (broad SMARTS) is 1. The average molecular weight is 295 g/mol. The Balaban J connectivity index is 1.78. The van der Waals surface area contributed by atoms with Crippen LogP contribution in [0.25, 0.3) is 0 Å². The highest BCUT2D eigenvalue weighted by atomic mass is 35.5. The molecule has 20 heavy (non-hydrogen) atoms. The summed E-state index contributed by atoms with van der Waals surface area (Å²) in [7, 11) is 0. The summed E-state index contributed by atoms with van der Waals surface area (Å²) in [5, 5.41) is 20.9. The molecule has 1 saturated carbocycles. The molecule has 0 atom stereocenters. The molecular formula is C12H11ClN4O3. The number of tetrazole rings is 1. The molecular weight excluding hydrogens is 284 g/mol. The van der Waals surface area contributed by atoms with Gasteiger partial charge in [0.25, 0.3) is 0 Å². The van der Waals surface area contributed by atoms with Crippen molar-refractivity contribution in [3.8, 4) is 5.75 Å². The Kier molecular flexibility index (Phi) is 3.27. The second kappa shape index (κ2) is 5.09. The molecule has 1 N–H and O–H groups in total. The number of nitrogens with zero attached hydrogens (tertiary/aromatic N) is 4. The lowest BCUT2D eigenvalue weighted by Gasteiger charge is -2.09. The van der Waals surface area contributed by atoms with Crippen molar-refractivity contribution in [2.45, 2.75) is 25.5 Å². The summed E-state index contributed by atoms with van der Waals surface area (Å²) in [6.45, 7) is 0.116. The number of halogens is 1. The highest BCUT2D eigenvalue weighted by molar-refractivity contribution is 6.31. The number of hydrogen-bond acceptors (Lipinski definition) is 5. The number of aromatic carboxylic acids is 1. The van der Waals surface area contributed by atoms with E-state index >= 15 is 0 Å². The zero-order chi connectivity index (χ0) is 14.1. The van der Waals surface area contributed by atoms with Crippen molar-refractivity contribution in [2.24, 2.45) is 0 Å². The lowest BCUT2D eigenvalue weighted by molar-refractivity contribution is 0.0691. The van der Waals surface area contributed by atoms with Crippen LogP contribution in [0.5, 0.6) is 5.75 Å². The molecule has 0 aliphatic heterocycles. The first-order valence-electron chi connectivity index (χ1n) is 6.07. The van der Waals surface area contributed by atoms with Crippen molar-refractivity contribution in [3.63, 3.8) is 0 Å². The fourth-order valence-corrected chi connectivity index (χ4v) is 2.02. The molecule has 0 amide bonds. The maximum Gasteiger partial charge on any atom is 0.339 e. The average Bonchev–Trinajstić information content (AvgIpc) is 3.16. The van der Waals surface area contributed by atoms with Gasteiger partial charge in [0, 0.05) is 5.02 Å². The van der Waals surface area contributed by atoms with E-state index < -0.39 is 5.97 Å². The van der Waals surface area contributed by atoms with Gasteiger partial charge in [-0.3, -0.25) is 0 Å². The summed E-state index contributed by atoms with van der Waals surface area (Å²) < 4.78 is 7.23. The van der Waals surface area contributed by atoms with Gasteiger partial charge in [-0.05, 0) is 41.5 Å². The van der Waals surface area contributed by atoms with Crippen LogP contribution in [0.1, 0.15) is 35.1 Å². The largest absolute Gasteiger partial charge is 0.485 e. The summed E-state index contributed by atoms with van der Waals surface area (Å²) in [6, 6.07) is 4.79. The van der Waals surface area contributed by atoms with Crippen molar-refractivity contribution >= 4 is 17.6 Å². The Bertz CT molecular complexity index is 654. The van der Waals surface area contributed by atoms with Crippen LogP contribution < -0.4 is 4.74 Å². The highest BCUT2D eigenvalue weighted by Gasteiger charge is 2.28. The summed E-state index contributed by atoms with van der Waals surface area (Å²) in [6.07, 6.45) is 2.11. The van der Waals surface area contributed by atoms with E-state index in [1.54, 1.807) is 10.7 Å². The van der Waals surface area contributed by atoms with Gasteiger partial charge in [0.2, 0.25) is 0 Å². The molecule has 0 unspecified atom stereocenters. The van der Waals surface area contributed by atoms with Crippen molar-refractivity contribution in [2.75, 3.05) is 0 Å². The zero-order valence-corrected chi connectivity index (χ0v) is 11.1. The number of carboxylic acids is 1. The van der Waals surface area contributed by atoms with E-state index in [0.717, 1.165) is 12.8 Å². The molecule has 1 aliphatic carbocycles. The monoisotopic (exact) mass is 294 g/mol. The second-order valence-electron chi connectivity index (χ2n) is 4.51. The van der Waals surface area contributed by atoms with E-state index in [4.69, 9.17) is 21.4 Å². The predicted octanol–water partition coefficient (Wildman–Crippen LogP) is 1.94. The normalized spacial score (nSPS) is 14.2. The summed E-state index contributed by atoms with van der Waals surface area (Å²) in [5.74, 6) is -0.268. The van der Waals surface area contributed by atoms with Crippen molar-refractivity contribution < 1.29 is 14.6 Å². The van der Waals surface area contributed by atoms with Gasteiger partial charge in [-0.1, -0.05) is 11.6 Å². The summed E-state index contributed by atoms with van der Waals surface area (Å²) in [5.41, 5.74) is 0.0166. The fourth-order valence-electron chi connectivity index (χ4n) is 1.85. The number of ether oxygens (including phenoxy) is 1. The molecule has 7 nitrogen and oxygen atoms in total. The van der Waals surface area contributed by atoms with E-state index in [0.29, 0.717) is 16.9 Å². The maximum atomic E-state index is 11.1. The molecule has 1 aromatic heterocycles. The topological polar surface area (TPSA) is 90.1 Å². The van der Waals surface area contributed by atoms with Crippen LogP contribution in [0.15, 0.2) is 18.2 Å². The third-order valence-electron chi connectivity index (χ3n) is 2.98. The van der Waals surface area contributed by atoms with Gasteiger partial charge in [-0.25, -0.2) is 9.48 Å². The van der Waals surface area contributed by atoms with Crippen LogP contribution in [-0.4, -0.2) is 31.3 Å². The van der Waals surface area contributed by atoms with Crippen LogP contribution in [0.3, 0.4) is 0 Å². The Labute approximate surface area is 119 Å². The molecule has 1 aliphatic rings. The van der Waals surface area contributed by atoms with Gasteiger partial charge < -0.3 is 9.84 Å². The maximum absolute atomic E-state index is 11.1. The fraction of sp³-hybridized carbons (Fsp3) is 0.333. The molecule has 1 fully saturated rings. The third-order valence-corrected chi connectivity index (χ3v) is 3.22. The van der Waals surface area contributed by atoms with Crippen LogP contribution in [-0.2, 0) is 6.61 Å². The molecule has 0 radical (unpaired) electrons. The third kappa shape index (κ3) is 2.57. The quantitative estimate of drug-likeness (QED) is 0.906. The SMILES string of the molecule is O=C(O)c1cc(Cl)ccc1OCc1nnnn1C1CC1. The number of carbonyl (C=O) groups is 1. The van der Waals surface area contributed by atoms with Gasteiger partial charge in [0.15, 0.2) is 5.82 Å². The molecule has 8 heteroatoms.